The Balaban J connectivity index is 1.93. The third-order valence-electron chi connectivity index (χ3n) is 3.69. The molecule has 0 radical (unpaired) electrons. The number of nitrogens with zero attached hydrogens (tertiary/aromatic N) is 1. The molecular formula is C16H22N2O3. The Hall–Kier alpha value is -1.88. The lowest BCUT2D eigenvalue weighted by molar-refractivity contribution is -0.152. The van der Waals surface area contributed by atoms with Gasteiger partial charge in [-0.05, 0) is 18.9 Å². The fourth-order valence-electron chi connectivity index (χ4n) is 2.48. The maximum Gasteiger partial charge on any atom is 0.252 e. The average molecular weight is 290 g/mol. The molecule has 0 aliphatic carbocycles. The van der Waals surface area contributed by atoms with Gasteiger partial charge in [0.25, 0.3) is 5.91 Å². The number of piperazine rings is 1. The van der Waals surface area contributed by atoms with Gasteiger partial charge in [0.1, 0.15) is 12.1 Å². The summed E-state index contributed by atoms with van der Waals surface area (Å²) in [5.41, 5.74) is 1.03. The molecule has 1 fully saturated rings. The van der Waals surface area contributed by atoms with E-state index >= 15 is 0 Å². The van der Waals surface area contributed by atoms with E-state index < -0.39 is 6.10 Å². The maximum absolute atomic E-state index is 12.5. The number of rotatable bonds is 5. The molecule has 0 aromatic heterocycles. The molecule has 0 bridgehead atoms. The van der Waals surface area contributed by atoms with Crippen molar-refractivity contribution in [3.8, 4) is 0 Å². The number of amides is 2. The number of nitrogens with one attached hydrogen (secondary N) is 1. The highest BCUT2D eigenvalue weighted by molar-refractivity contribution is 5.90. The lowest BCUT2D eigenvalue weighted by Gasteiger charge is -2.36. The molecule has 5 nitrogen and oxygen atoms in total. The zero-order valence-electron chi connectivity index (χ0n) is 12.5. The van der Waals surface area contributed by atoms with Gasteiger partial charge < -0.3 is 15.0 Å². The van der Waals surface area contributed by atoms with Gasteiger partial charge in [-0.3, -0.25) is 9.59 Å². The smallest absolute Gasteiger partial charge is 0.252 e. The summed E-state index contributed by atoms with van der Waals surface area (Å²) in [4.78, 5) is 25.9. The molecule has 1 heterocycles. The number of benzene rings is 1. The van der Waals surface area contributed by atoms with Crippen LogP contribution >= 0.6 is 0 Å². The Morgan fingerprint density at radius 3 is 2.81 bits per heavy atom. The summed E-state index contributed by atoms with van der Waals surface area (Å²) in [7, 11) is 0. The van der Waals surface area contributed by atoms with Crippen LogP contribution in [0.4, 0.5) is 0 Å². The Labute approximate surface area is 125 Å². The van der Waals surface area contributed by atoms with Crippen LogP contribution in [0.2, 0.25) is 0 Å². The zero-order valence-corrected chi connectivity index (χ0v) is 12.5. The highest BCUT2D eigenvalue weighted by Crippen LogP contribution is 2.13. The van der Waals surface area contributed by atoms with Gasteiger partial charge in [-0.1, -0.05) is 37.3 Å². The number of carbonyl (C=O) groups excluding carboxylic acids is 2. The summed E-state index contributed by atoms with van der Waals surface area (Å²) in [6.07, 6.45) is 0.0633. The number of hydrogen-bond donors (Lipinski definition) is 1. The third kappa shape index (κ3) is 3.82. The van der Waals surface area contributed by atoms with Gasteiger partial charge in [-0.15, -0.1) is 0 Å². The van der Waals surface area contributed by atoms with Crippen LogP contribution < -0.4 is 5.32 Å². The van der Waals surface area contributed by atoms with Crippen molar-refractivity contribution in [3.63, 3.8) is 0 Å². The summed E-state index contributed by atoms with van der Waals surface area (Å²) in [6, 6.07) is 9.35. The van der Waals surface area contributed by atoms with Crippen molar-refractivity contribution in [2.75, 3.05) is 13.1 Å². The quantitative estimate of drug-likeness (QED) is 0.890. The molecule has 0 saturated carbocycles. The number of hydrogen-bond acceptors (Lipinski definition) is 3. The minimum absolute atomic E-state index is 0.0765. The monoisotopic (exact) mass is 290 g/mol. The predicted molar refractivity (Wildman–Crippen MR) is 79.5 cm³/mol. The Morgan fingerprint density at radius 1 is 1.43 bits per heavy atom. The molecule has 5 heteroatoms. The molecule has 1 aromatic carbocycles. The van der Waals surface area contributed by atoms with E-state index in [0.717, 1.165) is 5.56 Å². The molecule has 2 unspecified atom stereocenters. The van der Waals surface area contributed by atoms with Crippen LogP contribution in [-0.2, 0) is 20.9 Å². The fraction of sp³-hybridized carbons (Fsp3) is 0.500. The SMILES string of the molecule is CCC1C(=O)NCCN1C(=O)C(C)OCc1ccccc1. The summed E-state index contributed by atoms with van der Waals surface area (Å²) in [6.45, 7) is 5.09. The summed E-state index contributed by atoms with van der Waals surface area (Å²) in [5, 5.41) is 2.79. The molecule has 1 N–H and O–H groups in total. The van der Waals surface area contributed by atoms with Crippen LogP contribution in [0.25, 0.3) is 0 Å². The highest BCUT2D eigenvalue weighted by Gasteiger charge is 2.33. The van der Waals surface area contributed by atoms with Crippen LogP contribution in [0.1, 0.15) is 25.8 Å². The first-order valence-corrected chi connectivity index (χ1v) is 7.37. The van der Waals surface area contributed by atoms with Crippen molar-refractivity contribution in [3.05, 3.63) is 35.9 Å². The van der Waals surface area contributed by atoms with Crippen molar-refractivity contribution in [2.45, 2.75) is 39.0 Å². The molecule has 1 aliphatic heterocycles. The maximum atomic E-state index is 12.5. The van der Waals surface area contributed by atoms with E-state index in [1.807, 2.05) is 37.3 Å². The average Bonchev–Trinajstić information content (AvgIpc) is 2.52. The largest absolute Gasteiger partial charge is 0.364 e. The van der Waals surface area contributed by atoms with Gasteiger partial charge in [0.15, 0.2) is 0 Å². The summed E-state index contributed by atoms with van der Waals surface area (Å²) < 4.78 is 5.65. The molecule has 114 valence electrons. The van der Waals surface area contributed by atoms with Crippen molar-refractivity contribution < 1.29 is 14.3 Å². The molecule has 2 amide bonds. The van der Waals surface area contributed by atoms with E-state index in [0.29, 0.717) is 26.1 Å². The zero-order chi connectivity index (χ0) is 15.2. The number of ether oxygens (including phenoxy) is 1. The van der Waals surface area contributed by atoms with E-state index in [4.69, 9.17) is 4.74 Å². The second kappa shape index (κ2) is 7.22. The van der Waals surface area contributed by atoms with Gasteiger partial charge in [-0.2, -0.15) is 0 Å². The van der Waals surface area contributed by atoms with Gasteiger partial charge in [0.05, 0.1) is 6.61 Å². The van der Waals surface area contributed by atoms with Gasteiger partial charge in [0.2, 0.25) is 5.91 Å². The first-order valence-electron chi connectivity index (χ1n) is 7.37. The van der Waals surface area contributed by atoms with E-state index in [1.54, 1.807) is 11.8 Å². The molecule has 0 spiro atoms. The normalized spacial score (nSPS) is 20.0. The van der Waals surface area contributed by atoms with Crippen molar-refractivity contribution >= 4 is 11.8 Å². The Kier molecular flexibility index (Phi) is 5.33. The van der Waals surface area contributed by atoms with Crippen molar-refractivity contribution in [2.24, 2.45) is 0 Å². The van der Waals surface area contributed by atoms with E-state index in [2.05, 4.69) is 5.32 Å². The Bertz CT molecular complexity index is 490. The number of carbonyl (C=O) groups is 2. The van der Waals surface area contributed by atoms with E-state index in [9.17, 15) is 9.59 Å². The van der Waals surface area contributed by atoms with Gasteiger partial charge in [-0.25, -0.2) is 0 Å². The van der Waals surface area contributed by atoms with E-state index in [-0.39, 0.29) is 17.9 Å². The van der Waals surface area contributed by atoms with Crippen molar-refractivity contribution in [1.29, 1.82) is 0 Å². The first-order chi connectivity index (χ1) is 10.1. The summed E-state index contributed by atoms with van der Waals surface area (Å²) in [5.74, 6) is -0.194. The predicted octanol–water partition coefficient (Wildman–Crippen LogP) is 1.33. The van der Waals surface area contributed by atoms with Gasteiger partial charge in [0, 0.05) is 13.1 Å². The topological polar surface area (TPSA) is 58.6 Å². The second-order valence-electron chi connectivity index (χ2n) is 5.19. The van der Waals surface area contributed by atoms with Crippen LogP contribution in [0, 0.1) is 0 Å². The van der Waals surface area contributed by atoms with Crippen LogP contribution in [0.5, 0.6) is 0 Å². The van der Waals surface area contributed by atoms with Crippen LogP contribution in [-0.4, -0.2) is 41.9 Å². The fourth-order valence-corrected chi connectivity index (χ4v) is 2.48. The third-order valence-corrected chi connectivity index (χ3v) is 3.69. The van der Waals surface area contributed by atoms with Crippen LogP contribution in [0.15, 0.2) is 30.3 Å². The molecule has 1 aromatic rings. The lowest BCUT2D eigenvalue weighted by atomic mass is 10.1. The first kappa shape index (κ1) is 15.5. The summed E-state index contributed by atoms with van der Waals surface area (Å²) >= 11 is 0. The van der Waals surface area contributed by atoms with Crippen LogP contribution in [0.3, 0.4) is 0 Å². The second-order valence-corrected chi connectivity index (χ2v) is 5.19. The van der Waals surface area contributed by atoms with E-state index in [1.165, 1.54) is 0 Å². The molecule has 1 saturated heterocycles. The molecule has 2 atom stereocenters. The minimum atomic E-state index is -0.551. The van der Waals surface area contributed by atoms with Gasteiger partial charge >= 0.3 is 0 Å². The highest BCUT2D eigenvalue weighted by atomic mass is 16.5. The Morgan fingerprint density at radius 2 is 2.14 bits per heavy atom. The molecule has 1 aliphatic rings. The minimum Gasteiger partial charge on any atom is -0.364 e. The molecule has 2 rings (SSSR count). The molecule has 21 heavy (non-hydrogen) atoms. The molecular weight excluding hydrogens is 268 g/mol. The van der Waals surface area contributed by atoms with Crippen molar-refractivity contribution in [1.82, 2.24) is 10.2 Å². The lowest BCUT2D eigenvalue weighted by Crippen LogP contribution is -2.58. The standard InChI is InChI=1S/C16H22N2O3/c1-3-14-15(19)17-9-10-18(14)16(20)12(2)21-11-13-7-5-4-6-8-13/h4-8,12,14H,3,9-11H2,1-2H3,(H,17,19).